The Labute approximate surface area is 169 Å². The second-order valence-corrected chi connectivity index (χ2v) is 8.57. The second kappa shape index (κ2) is 9.66. The zero-order valence-corrected chi connectivity index (χ0v) is 16.9. The minimum absolute atomic E-state index is 0.226. The molecule has 28 heavy (non-hydrogen) atoms. The van der Waals surface area contributed by atoms with E-state index in [2.05, 4.69) is 29.0 Å². The Balaban J connectivity index is 2.02. The lowest BCUT2D eigenvalue weighted by Crippen LogP contribution is -2.55. The zero-order chi connectivity index (χ0) is 20.7. The van der Waals surface area contributed by atoms with Crippen LogP contribution in [0.2, 0.25) is 0 Å². The van der Waals surface area contributed by atoms with Crippen LogP contribution >= 0.6 is 11.8 Å². The summed E-state index contributed by atoms with van der Waals surface area (Å²) in [7, 11) is 0. The lowest BCUT2D eigenvalue weighted by molar-refractivity contribution is -0.131. The molecule has 1 aliphatic carbocycles. The molecule has 1 fully saturated rings. The molecule has 0 aromatic heterocycles. The monoisotopic (exact) mass is 400 g/mol. The highest BCUT2D eigenvalue weighted by molar-refractivity contribution is 8.00. The van der Waals surface area contributed by atoms with Gasteiger partial charge in [-0.1, -0.05) is 11.8 Å². The van der Waals surface area contributed by atoms with Crippen molar-refractivity contribution in [1.82, 2.24) is 10.8 Å². The molecule has 0 spiro atoms. The average molecular weight is 401 g/mol. The van der Waals surface area contributed by atoms with Crippen LogP contribution in [0.25, 0.3) is 0 Å². The van der Waals surface area contributed by atoms with Crippen molar-refractivity contribution in [2.24, 2.45) is 5.92 Å². The number of carbonyl (C=O) groups is 2. The third kappa shape index (κ3) is 5.77. The molecule has 4 N–H and O–H groups in total. The summed E-state index contributed by atoms with van der Waals surface area (Å²) < 4.78 is -0.608. The molecular weight excluding hydrogens is 376 g/mol. The highest BCUT2D eigenvalue weighted by Gasteiger charge is 2.36. The molecule has 2 rings (SSSR count). The van der Waals surface area contributed by atoms with Crippen molar-refractivity contribution >= 4 is 23.6 Å². The van der Waals surface area contributed by atoms with Crippen LogP contribution in [-0.4, -0.2) is 45.3 Å². The van der Waals surface area contributed by atoms with Gasteiger partial charge in [-0.2, -0.15) is 11.8 Å². The number of thioether (sulfide) groups is 1. The Morgan fingerprint density at radius 1 is 1.21 bits per heavy atom. The van der Waals surface area contributed by atoms with Gasteiger partial charge in [0.1, 0.15) is 6.04 Å². The largest absolute Gasteiger partial charge is 0.393 e. The zero-order valence-electron chi connectivity index (χ0n) is 16.1. The number of aliphatic hydroxyl groups is 1. The third-order valence-electron chi connectivity index (χ3n) is 4.68. The molecule has 7 heteroatoms. The molecule has 1 unspecified atom stereocenters. The van der Waals surface area contributed by atoms with E-state index in [1.165, 1.54) is 11.8 Å². The van der Waals surface area contributed by atoms with Crippen LogP contribution in [0.5, 0.6) is 0 Å². The standard InChI is InChI=1S/C21H24N2O4S/c1-21(2,28-3)18(20(26)23-27)22-19(25)16-10-8-14(9-11-16)6-4-5-7-15-12-17(24)13-15/h8-11,15,17-18,24,27H,12-13H2,1-3H3,(H,22,25)(H,23,26). The minimum Gasteiger partial charge on any atom is -0.393 e. The van der Waals surface area contributed by atoms with E-state index in [-0.39, 0.29) is 12.0 Å². The summed E-state index contributed by atoms with van der Waals surface area (Å²) in [5.74, 6) is 10.6. The van der Waals surface area contributed by atoms with Crippen LogP contribution in [-0.2, 0) is 4.79 Å². The number of aliphatic hydroxyl groups excluding tert-OH is 1. The number of hydrogen-bond acceptors (Lipinski definition) is 5. The molecule has 0 saturated heterocycles. The molecule has 1 aromatic rings. The SMILES string of the molecule is CSC(C)(C)C(NC(=O)c1ccc(C#CC#CC2CC(O)C2)cc1)C(=O)NO. The third-order valence-corrected chi connectivity index (χ3v) is 5.96. The van der Waals surface area contributed by atoms with Crippen LogP contribution in [0.15, 0.2) is 24.3 Å². The summed E-state index contributed by atoms with van der Waals surface area (Å²) in [5, 5.41) is 20.8. The Hall–Kier alpha value is -2.45. The van der Waals surface area contributed by atoms with Crippen molar-refractivity contribution in [1.29, 1.82) is 0 Å². The second-order valence-electron chi connectivity index (χ2n) is 7.11. The van der Waals surface area contributed by atoms with Gasteiger partial charge < -0.3 is 10.4 Å². The topological polar surface area (TPSA) is 98.7 Å². The molecule has 1 atom stereocenters. The molecule has 1 saturated carbocycles. The first-order valence-corrected chi connectivity index (χ1v) is 10.1. The maximum Gasteiger partial charge on any atom is 0.267 e. The molecular formula is C21H24N2O4S. The van der Waals surface area contributed by atoms with E-state index in [1.54, 1.807) is 29.7 Å². The van der Waals surface area contributed by atoms with Crippen LogP contribution in [0, 0.1) is 29.6 Å². The first-order valence-electron chi connectivity index (χ1n) is 8.86. The first-order chi connectivity index (χ1) is 13.3. The molecule has 0 aliphatic heterocycles. The molecule has 0 radical (unpaired) electrons. The van der Waals surface area contributed by atoms with E-state index in [1.807, 2.05) is 20.1 Å². The summed E-state index contributed by atoms with van der Waals surface area (Å²) in [6, 6.07) is 5.75. The lowest BCUT2D eigenvalue weighted by atomic mass is 9.83. The van der Waals surface area contributed by atoms with Gasteiger partial charge >= 0.3 is 0 Å². The first kappa shape index (κ1) is 21.8. The van der Waals surface area contributed by atoms with Gasteiger partial charge in [0.2, 0.25) is 0 Å². The highest BCUT2D eigenvalue weighted by atomic mass is 32.2. The van der Waals surface area contributed by atoms with Gasteiger partial charge in [-0.15, -0.1) is 0 Å². The normalized spacial score (nSPS) is 19.0. The van der Waals surface area contributed by atoms with Crippen LogP contribution in [0.1, 0.15) is 42.6 Å². The van der Waals surface area contributed by atoms with Crippen molar-refractivity contribution in [2.75, 3.05) is 6.26 Å². The van der Waals surface area contributed by atoms with Crippen LogP contribution < -0.4 is 10.8 Å². The summed E-state index contributed by atoms with van der Waals surface area (Å²) in [6.07, 6.45) is 3.02. The maximum atomic E-state index is 12.5. The molecule has 0 bridgehead atoms. The van der Waals surface area contributed by atoms with Crippen molar-refractivity contribution in [3.63, 3.8) is 0 Å². The number of amides is 2. The Bertz CT molecular complexity index is 837. The van der Waals surface area contributed by atoms with E-state index < -0.39 is 22.6 Å². The van der Waals surface area contributed by atoms with Crippen LogP contribution in [0.4, 0.5) is 0 Å². The van der Waals surface area contributed by atoms with Crippen molar-refractivity contribution in [3.05, 3.63) is 35.4 Å². The Morgan fingerprint density at radius 3 is 2.39 bits per heavy atom. The van der Waals surface area contributed by atoms with Crippen molar-refractivity contribution in [3.8, 4) is 23.7 Å². The maximum absolute atomic E-state index is 12.5. The van der Waals surface area contributed by atoms with Crippen LogP contribution in [0.3, 0.4) is 0 Å². The fourth-order valence-corrected chi connectivity index (χ4v) is 3.01. The molecule has 148 valence electrons. The fourth-order valence-electron chi connectivity index (χ4n) is 2.60. The fraction of sp³-hybridized carbons (Fsp3) is 0.429. The number of benzene rings is 1. The minimum atomic E-state index is -0.903. The van der Waals surface area contributed by atoms with Gasteiger partial charge in [-0.3, -0.25) is 14.8 Å². The Kier molecular flexibility index (Phi) is 7.53. The summed E-state index contributed by atoms with van der Waals surface area (Å²) in [4.78, 5) is 24.4. The van der Waals surface area contributed by atoms with E-state index in [0.29, 0.717) is 24.0 Å². The quantitative estimate of drug-likeness (QED) is 0.342. The predicted octanol–water partition coefficient (Wildman–Crippen LogP) is 1.56. The molecule has 1 aliphatic rings. The van der Waals surface area contributed by atoms with Gasteiger partial charge in [0.15, 0.2) is 0 Å². The van der Waals surface area contributed by atoms with Crippen molar-refractivity contribution in [2.45, 2.75) is 43.6 Å². The van der Waals surface area contributed by atoms with Gasteiger partial charge in [0.05, 0.1) is 6.10 Å². The lowest BCUT2D eigenvalue weighted by Gasteiger charge is -2.31. The molecule has 0 heterocycles. The van der Waals surface area contributed by atoms with E-state index >= 15 is 0 Å². The van der Waals surface area contributed by atoms with E-state index in [4.69, 9.17) is 5.21 Å². The van der Waals surface area contributed by atoms with E-state index in [0.717, 1.165) is 0 Å². The smallest absolute Gasteiger partial charge is 0.267 e. The van der Waals surface area contributed by atoms with Gasteiger partial charge in [0.25, 0.3) is 11.8 Å². The number of rotatable bonds is 5. The van der Waals surface area contributed by atoms with Gasteiger partial charge in [0, 0.05) is 21.8 Å². The molecule has 6 nitrogen and oxygen atoms in total. The molecule has 2 amide bonds. The number of carbonyl (C=O) groups excluding carboxylic acids is 2. The summed E-state index contributed by atoms with van der Waals surface area (Å²) >= 11 is 1.41. The molecule has 1 aromatic carbocycles. The van der Waals surface area contributed by atoms with Gasteiger partial charge in [-0.25, -0.2) is 5.48 Å². The number of hydrogen-bond donors (Lipinski definition) is 4. The Morgan fingerprint density at radius 2 is 1.86 bits per heavy atom. The number of hydroxylamine groups is 1. The van der Waals surface area contributed by atoms with Crippen molar-refractivity contribution < 1.29 is 19.9 Å². The van der Waals surface area contributed by atoms with E-state index in [9.17, 15) is 14.7 Å². The predicted molar refractivity (Wildman–Crippen MR) is 109 cm³/mol. The summed E-state index contributed by atoms with van der Waals surface area (Å²) in [6.45, 7) is 3.61. The van der Waals surface area contributed by atoms with Gasteiger partial charge in [-0.05, 0) is 69.1 Å². The summed E-state index contributed by atoms with van der Waals surface area (Å²) in [5.41, 5.74) is 2.71. The number of nitrogens with one attached hydrogen (secondary N) is 2. The highest BCUT2D eigenvalue weighted by Crippen LogP contribution is 2.26. The average Bonchev–Trinajstić information content (AvgIpc) is 2.67.